The van der Waals surface area contributed by atoms with Crippen molar-refractivity contribution in [1.29, 1.82) is 0 Å². The van der Waals surface area contributed by atoms with Gasteiger partial charge in [-0.15, -0.1) is 0 Å². The van der Waals surface area contributed by atoms with Crippen molar-refractivity contribution in [3.8, 4) is 11.3 Å². The fourth-order valence-electron chi connectivity index (χ4n) is 1.07. The first-order valence-electron chi connectivity index (χ1n) is 3.67. The van der Waals surface area contributed by atoms with E-state index in [0.717, 1.165) is 11.8 Å². The van der Waals surface area contributed by atoms with Crippen LogP contribution in [0, 0.1) is 0 Å². The highest BCUT2D eigenvalue weighted by molar-refractivity contribution is 5.85. The molecule has 0 radical (unpaired) electrons. The number of aromatic amines is 1. The van der Waals surface area contributed by atoms with Gasteiger partial charge in [0.1, 0.15) is 5.69 Å². The Hall–Kier alpha value is -2.04. The number of carbonyl (C=O) groups excluding carboxylic acids is 1. The molecule has 0 amide bonds. The van der Waals surface area contributed by atoms with Crippen LogP contribution in [-0.4, -0.2) is 26.7 Å². The molecule has 0 atom stereocenters. The van der Waals surface area contributed by atoms with Gasteiger partial charge in [-0.25, -0.2) is 0 Å². The summed E-state index contributed by atoms with van der Waals surface area (Å²) in [6, 6.07) is 1.72. The molecule has 1 N–H and O–H groups in total. The van der Waals surface area contributed by atoms with Gasteiger partial charge in [-0.1, -0.05) is 0 Å². The van der Waals surface area contributed by atoms with Gasteiger partial charge in [-0.3, -0.25) is 9.78 Å². The van der Waals surface area contributed by atoms with Gasteiger partial charge in [0.15, 0.2) is 6.29 Å². The Labute approximate surface area is 73.8 Å². The fraction of sp³-hybridized carbons (Fsp3) is 0. The second-order valence-corrected chi connectivity index (χ2v) is 2.44. The predicted octanol–water partition coefficient (Wildman–Crippen LogP) is 0.679. The normalized spacial score (nSPS) is 9.85. The largest absolute Gasteiger partial charge is 0.298 e. The van der Waals surface area contributed by atoms with Crippen molar-refractivity contribution in [3.05, 3.63) is 30.2 Å². The molecule has 2 aromatic heterocycles. The molecule has 0 bridgehead atoms. The molecule has 0 aliphatic rings. The molecule has 0 unspecified atom stereocenters. The third-order valence-corrected chi connectivity index (χ3v) is 1.67. The van der Waals surface area contributed by atoms with Crippen molar-refractivity contribution in [1.82, 2.24) is 20.4 Å². The Morgan fingerprint density at radius 3 is 3.00 bits per heavy atom. The van der Waals surface area contributed by atoms with Crippen molar-refractivity contribution < 1.29 is 4.79 Å². The van der Waals surface area contributed by atoms with Gasteiger partial charge in [0, 0.05) is 23.5 Å². The van der Waals surface area contributed by atoms with E-state index in [2.05, 4.69) is 20.4 Å². The van der Waals surface area contributed by atoms with Crippen LogP contribution in [0.25, 0.3) is 11.3 Å². The first kappa shape index (κ1) is 7.60. The van der Waals surface area contributed by atoms with Crippen LogP contribution in [0.2, 0.25) is 0 Å². The Kier molecular flexibility index (Phi) is 1.84. The molecular formula is C8H6N4O. The number of H-pyrrole nitrogens is 1. The SMILES string of the molecule is O=Cc1cnccc1-c1cn[nH]n1. The first-order chi connectivity index (χ1) is 6.42. The predicted molar refractivity (Wildman–Crippen MR) is 45.0 cm³/mol. The molecule has 0 aliphatic carbocycles. The smallest absolute Gasteiger partial charge is 0.152 e. The van der Waals surface area contributed by atoms with Crippen LogP contribution >= 0.6 is 0 Å². The summed E-state index contributed by atoms with van der Waals surface area (Å²) >= 11 is 0. The Morgan fingerprint density at radius 1 is 1.38 bits per heavy atom. The molecule has 2 heterocycles. The highest BCUT2D eigenvalue weighted by Gasteiger charge is 2.05. The van der Waals surface area contributed by atoms with E-state index in [1.807, 2.05) is 0 Å². The number of aldehydes is 1. The fourth-order valence-corrected chi connectivity index (χ4v) is 1.07. The first-order valence-corrected chi connectivity index (χ1v) is 3.67. The minimum absolute atomic E-state index is 0.511. The van der Waals surface area contributed by atoms with Crippen LogP contribution in [0.4, 0.5) is 0 Å². The Balaban J connectivity index is 2.57. The van der Waals surface area contributed by atoms with E-state index in [-0.39, 0.29) is 0 Å². The van der Waals surface area contributed by atoms with Crippen LogP contribution in [-0.2, 0) is 0 Å². The molecule has 0 aromatic carbocycles. The standard InChI is InChI=1S/C8H6N4O/c13-5-6-3-9-2-1-7(6)8-4-10-12-11-8/h1-5H,(H,10,11,12). The number of aromatic nitrogens is 4. The monoisotopic (exact) mass is 174 g/mol. The van der Waals surface area contributed by atoms with E-state index in [1.165, 1.54) is 6.20 Å². The zero-order valence-corrected chi connectivity index (χ0v) is 6.64. The number of pyridine rings is 1. The lowest BCUT2D eigenvalue weighted by Gasteiger charge is -1.97. The molecule has 13 heavy (non-hydrogen) atoms. The number of rotatable bonds is 2. The van der Waals surface area contributed by atoms with E-state index in [4.69, 9.17) is 0 Å². The van der Waals surface area contributed by atoms with Gasteiger partial charge in [-0.05, 0) is 6.07 Å². The Bertz CT molecular complexity index is 410. The Morgan fingerprint density at radius 2 is 2.31 bits per heavy atom. The van der Waals surface area contributed by atoms with Crippen molar-refractivity contribution >= 4 is 6.29 Å². The topological polar surface area (TPSA) is 71.5 Å². The van der Waals surface area contributed by atoms with E-state index in [9.17, 15) is 4.79 Å². The maximum Gasteiger partial charge on any atom is 0.152 e. The third-order valence-electron chi connectivity index (χ3n) is 1.67. The van der Waals surface area contributed by atoms with E-state index in [0.29, 0.717) is 11.3 Å². The summed E-state index contributed by atoms with van der Waals surface area (Å²) in [4.78, 5) is 14.5. The second-order valence-electron chi connectivity index (χ2n) is 2.44. The molecule has 5 nitrogen and oxygen atoms in total. The number of hydrogen-bond acceptors (Lipinski definition) is 4. The zero-order valence-electron chi connectivity index (χ0n) is 6.64. The van der Waals surface area contributed by atoms with Gasteiger partial charge in [0.05, 0.1) is 6.20 Å². The maximum absolute atomic E-state index is 10.6. The van der Waals surface area contributed by atoms with Crippen molar-refractivity contribution in [2.24, 2.45) is 0 Å². The molecule has 64 valence electrons. The molecule has 2 aromatic rings. The molecule has 0 aliphatic heterocycles. The number of hydrogen-bond donors (Lipinski definition) is 1. The van der Waals surface area contributed by atoms with Crippen LogP contribution in [0.1, 0.15) is 10.4 Å². The molecule has 2 rings (SSSR count). The molecule has 0 spiro atoms. The van der Waals surface area contributed by atoms with Gasteiger partial charge in [0.2, 0.25) is 0 Å². The zero-order chi connectivity index (χ0) is 9.10. The van der Waals surface area contributed by atoms with Crippen LogP contribution in [0.3, 0.4) is 0 Å². The summed E-state index contributed by atoms with van der Waals surface area (Å²) in [5, 5.41) is 10.0. The van der Waals surface area contributed by atoms with E-state index in [1.54, 1.807) is 18.5 Å². The summed E-state index contributed by atoms with van der Waals surface area (Å²) in [6.07, 6.45) is 5.41. The maximum atomic E-state index is 10.6. The van der Waals surface area contributed by atoms with Crippen LogP contribution < -0.4 is 0 Å². The summed E-state index contributed by atoms with van der Waals surface area (Å²) in [5.41, 5.74) is 1.89. The van der Waals surface area contributed by atoms with Gasteiger partial charge < -0.3 is 0 Å². The minimum atomic E-state index is 0.511. The molecule has 0 fully saturated rings. The lowest BCUT2D eigenvalue weighted by atomic mass is 10.1. The van der Waals surface area contributed by atoms with Crippen molar-refractivity contribution in [2.45, 2.75) is 0 Å². The van der Waals surface area contributed by atoms with Crippen LogP contribution in [0.5, 0.6) is 0 Å². The second kappa shape index (κ2) is 3.14. The number of carbonyl (C=O) groups is 1. The van der Waals surface area contributed by atoms with Gasteiger partial charge in [-0.2, -0.15) is 15.4 Å². The molecule has 0 saturated carbocycles. The number of nitrogens with one attached hydrogen (secondary N) is 1. The minimum Gasteiger partial charge on any atom is -0.298 e. The van der Waals surface area contributed by atoms with E-state index >= 15 is 0 Å². The highest BCUT2D eigenvalue weighted by atomic mass is 16.1. The summed E-state index contributed by atoms with van der Waals surface area (Å²) in [5.74, 6) is 0. The van der Waals surface area contributed by atoms with Crippen LogP contribution in [0.15, 0.2) is 24.7 Å². The molecule has 5 heteroatoms. The quantitative estimate of drug-likeness (QED) is 0.679. The van der Waals surface area contributed by atoms with Crippen molar-refractivity contribution in [3.63, 3.8) is 0 Å². The van der Waals surface area contributed by atoms with Gasteiger partial charge in [0.25, 0.3) is 0 Å². The average molecular weight is 174 g/mol. The number of nitrogens with zero attached hydrogens (tertiary/aromatic N) is 3. The highest BCUT2D eigenvalue weighted by Crippen LogP contribution is 2.17. The summed E-state index contributed by atoms with van der Waals surface area (Å²) in [6.45, 7) is 0. The summed E-state index contributed by atoms with van der Waals surface area (Å²) in [7, 11) is 0. The van der Waals surface area contributed by atoms with Crippen molar-refractivity contribution in [2.75, 3.05) is 0 Å². The van der Waals surface area contributed by atoms with E-state index < -0.39 is 0 Å². The average Bonchev–Trinajstić information content (AvgIpc) is 2.70. The lowest BCUT2D eigenvalue weighted by Crippen LogP contribution is -1.88. The third kappa shape index (κ3) is 1.31. The lowest BCUT2D eigenvalue weighted by molar-refractivity contribution is 0.112. The summed E-state index contributed by atoms with van der Waals surface area (Å²) < 4.78 is 0. The molecule has 0 saturated heterocycles. The van der Waals surface area contributed by atoms with Gasteiger partial charge >= 0.3 is 0 Å². The molecular weight excluding hydrogens is 168 g/mol.